The molecule has 2 amide bonds. The van der Waals surface area contributed by atoms with Crippen LogP contribution in [-0.4, -0.2) is 68.0 Å². The first-order chi connectivity index (χ1) is 12.6. The molecular formula is C20H27N3O3. The van der Waals surface area contributed by atoms with Crippen LogP contribution in [-0.2, 0) is 9.59 Å². The average molecular weight is 357 g/mol. The zero-order valence-corrected chi connectivity index (χ0v) is 15.5. The highest BCUT2D eigenvalue weighted by molar-refractivity contribution is 5.99. The summed E-state index contributed by atoms with van der Waals surface area (Å²) in [5, 5.41) is 2.96. The minimum Gasteiger partial charge on any atom is -0.488 e. The molecule has 6 nitrogen and oxygen atoms in total. The lowest BCUT2D eigenvalue weighted by Crippen LogP contribution is -2.43. The molecule has 6 heteroatoms. The summed E-state index contributed by atoms with van der Waals surface area (Å²) in [6.45, 7) is 2.67. The van der Waals surface area contributed by atoms with Gasteiger partial charge < -0.3 is 15.0 Å². The molecule has 1 aromatic carbocycles. The summed E-state index contributed by atoms with van der Waals surface area (Å²) in [6, 6.07) is 7.69. The lowest BCUT2D eigenvalue weighted by atomic mass is 10.1. The molecule has 0 radical (unpaired) electrons. The Morgan fingerprint density at radius 2 is 2.12 bits per heavy atom. The van der Waals surface area contributed by atoms with Gasteiger partial charge in [0, 0.05) is 32.7 Å². The molecule has 0 spiro atoms. The van der Waals surface area contributed by atoms with Crippen molar-refractivity contribution >= 4 is 17.9 Å². The number of carbonyl (C=O) groups excluding carboxylic acids is 2. The van der Waals surface area contributed by atoms with E-state index in [0.29, 0.717) is 18.7 Å². The molecule has 0 aliphatic carbocycles. The predicted molar refractivity (Wildman–Crippen MR) is 101 cm³/mol. The van der Waals surface area contributed by atoms with Gasteiger partial charge >= 0.3 is 0 Å². The van der Waals surface area contributed by atoms with Crippen LogP contribution < -0.4 is 10.1 Å². The zero-order valence-electron chi connectivity index (χ0n) is 15.5. The molecule has 1 atom stereocenters. The molecule has 2 aliphatic rings. The third kappa shape index (κ3) is 4.25. The van der Waals surface area contributed by atoms with Gasteiger partial charge in [0.1, 0.15) is 12.4 Å². The van der Waals surface area contributed by atoms with Crippen molar-refractivity contribution in [1.82, 2.24) is 15.1 Å². The molecule has 140 valence electrons. The fourth-order valence-electron chi connectivity index (χ4n) is 3.52. The Morgan fingerprint density at radius 1 is 1.31 bits per heavy atom. The van der Waals surface area contributed by atoms with Gasteiger partial charge in [-0.1, -0.05) is 18.2 Å². The van der Waals surface area contributed by atoms with E-state index >= 15 is 0 Å². The van der Waals surface area contributed by atoms with E-state index in [0.717, 1.165) is 43.7 Å². The Labute approximate surface area is 154 Å². The molecule has 1 fully saturated rings. The standard InChI is InChI=1S/C20H27N3O3/c1-22(2)20(25)17-8-5-11-23(17)12-6-10-21-19(24)16-13-15-7-3-4-9-18(15)26-14-16/h3-4,7,9,13,17H,5-6,8,10-12,14H2,1-2H3,(H,21,24). The van der Waals surface area contributed by atoms with Gasteiger partial charge in [-0.3, -0.25) is 14.5 Å². The fourth-order valence-corrected chi connectivity index (χ4v) is 3.52. The zero-order chi connectivity index (χ0) is 18.5. The molecule has 0 aromatic heterocycles. The second kappa shape index (κ2) is 8.36. The highest BCUT2D eigenvalue weighted by Gasteiger charge is 2.31. The summed E-state index contributed by atoms with van der Waals surface area (Å²) in [6.07, 6.45) is 4.70. The van der Waals surface area contributed by atoms with E-state index in [1.807, 2.05) is 30.3 Å². The van der Waals surface area contributed by atoms with Gasteiger partial charge in [-0.05, 0) is 37.9 Å². The van der Waals surface area contributed by atoms with Crippen LogP contribution in [0, 0.1) is 0 Å². The van der Waals surface area contributed by atoms with Crippen LogP contribution in [0.2, 0.25) is 0 Å². The number of hydrogen-bond donors (Lipinski definition) is 1. The second-order valence-electron chi connectivity index (χ2n) is 7.03. The summed E-state index contributed by atoms with van der Waals surface area (Å²) < 4.78 is 5.63. The third-order valence-corrected chi connectivity index (χ3v) is 4.92. The van der Waals surface area contributed by atoms with Gasteiger partial charge in [0.05, 0.1) is 11.6 Å². The number of para-hydroxylation sites is 1. The number of amides is 2. The minimum absolute atomic E-state index is 0.00773. The molecule has 1 aromatic rings. The molecule has 1 unspecified atom stereocenters. The van der Waals surface area contributed by atoms with E-state index in [-0.39, 0.29) is 17.9 Å². The van der Waals surface area contributed by atoms with Crippen LogP contribution in [0.5, 0.6) is 5.75 Å². The second-order valence-corrected chi connectivity index (χ2v) is 7.03. The Kier molecular flexibility index (Phi) is 5.93. The van der Waals surface area contributed by atoms with Crippen molar-refractivity contribution < 1.29 is 14.3 Å². The van der Waals surface area contributed by atoms with E-state index in [4.69, 9.17) is 4.74 Å². The van der Waals surface area contributed by atoms with E-state index in [9.17, 15) is 9.59 Å². The molecule has 2 heterocycles. The molecule has 0 bridgehead atoms. The van der Waals surface area contributed by atoms with Crippen molar-refractivity contribution in [3.8, 4) is 5.75 Å². The van der Waals surface area contributed by atoms with Gasteiger partial charge in [0.2, 0.25) is 5.91 Å². The summed E-state index contributed by atoms with van der Waals surface area (Å²) in [7, 11) is 3.61. The Morgan fingerprint density at radius 3 is 2.92 bits per heavy atom. The topological polar surface area (TPSA) is 61.9 Å². The van der Waals surface area contributed by atoms with Crippen LogP contribution in [0.4, 0.5) is 0 Å². The first-order valence-electron chi connectivity index (χ1n) is 9.22. The largest absolute Gasteiger partial charge is 0.488 e. The number of benzene rings is 1. The Bertz CT molecular complexity index is 699. The number of carbonyl (C=O) groups is 2. The van der Waals surface area contributed by atoms with Crippen LogP contribution >= 0.6 is 0 Å². The number of ether oxygens (including phenoxy) is 1. The van der Waals surface area contributed by atoms with Crippen LogP contribution in [0.25, 0.3) is 6.08 Å². The van der Waals surface area contributed by atoms with Gasteiger partial charge in [-0.2, -0.15) is 0 Å². The summed E-state index contributed by atoms with van der Waals surface area (Å²) in [4.78, 5) is 28.4. The number of likely N-dealkylation sites (N-methyl/N-ethyl adjacent to an activating group) is 1. The van der Waals surface area contributed by atoms with E-state index < -0.39 is 0 Å². The molecular weight excluding hydrogens is 330 g/mol. The molecule has 1 N–H and O–H groups in total. The van der Waals surface area contributed by atoms with E-state index in [1.54, 1.807) is 19.0 Å². The van der Waals surface area contributed by atoms with Gasteiger partial charge in [0.15, 0.2) is 0 Å². The van der Waals surface area contributed by atoms with Crippen LogP contribution in [0.1, 0.15) is 24.8 Å². The highest BCUT2D eigenvalue weighted by Crippen LogP contribution is 2.25. The maximum atomic E-state index is 12.3. The van der Waals surface area contributed by atoms with Crippen molar-refractivity contribution in [2.45, 2.75) is 25.3 Å². The van der Waals surface area contributed by atoms with E-state index in [2.05, 4.69) is 10.2 Å². The number of rotatable bonds is 6. The molecule has 2 aliphatic heterocycles. The number of hydrogen-bond acceptors (Lipinski definition) is 4. The summed E-state index contributed by atoms with van der Waals surface area (Å²) in [5.74, 6) is 0.909. The smallest absolute Gasteiger partial charge is 0.250 e. The van der Waals surface area contributed by atoms with Crippen molar-refractivity contribution in [3.05, 3.63) is 35.4 Å². The lowest BCUT2D eigenvalue weighted by molar-refractivity contribution is -0.133. The van der Waals surface area contributed by atoms with Crippen molar-refractivity contribution in [2.24, 2.45) is 0 Å². The Hall–Kier alpha value is -2.34. The number of nitrogens with one attached hydrogen (secondary N) is 1. The van der Waals surface area contributed by atoms with Crippen molar-refractivity contribution in [2.75, 3.05) is 40.3 Å². The average Bonchev–Trinajstić information content (AvgIpc) is 3.12. The molecule has 26 heavy (non-hydrogen) atoms. The summed E-state index contributed by atoms with van der Waals surface area (Å²) >= 11 is 0. The monoisotopic (exact) mass is 357 g/mol. The highest BCUT2D eigenvalue weighted by atomic mass is 16.5. The number of likely N-dealkylation sites (tertiary alicyclic amines) is 1. The first kappa shape index (κ1) is 18.5. The van der Waals surface area contributed by atoms with E-state index in [1.165, 1.54) is 0 Å². The number of nitrogens with zero attached hydrogens (tertiary/aromatic N) is 2. The van der Waals surface area contributed by atoms with Gasteiger partial charge in [0.25, 0.3) is 5.91 Å². The Balaban J connectivity index is 1.45. The SMILES string of the molecule is CN(C)C(=O)C1CCCN1CCCNC(=O)C1=Cc2ccccc2OC1. The third-order valence-electron chi connectivity index (χ3n) is 4.92. The van der Waals surface area contributed by atoms with Crippen molar-refractivity contribution in [1.29, 1.82) is 0 Å². The van der Waals surface area contributed by atoms with Crippen LogP contribution in [0.15, 0.2) is 29.8 Å². The normalized spacial score (nSPS) is 19.3. The maximum Gasteiger partial charge on any atom is 0.250 e. The lowest BCUT2D eigenvalue weighted by Gasteiger charge is -2.26. The predicted octanol–water partition coefficient (Wildman–Crippen LogP) is 1.52. The van der Waals surface area contributed by atoms with Gasteiger partial charge in [-0.25, -0.2) is 0 Å². The maximum absolute atomic E-state index is 12.3. The van der Waals surface area contributed by atoms with Crippen LogP contribution in [0.3, 0.4) is 0 Å². The molecule has 0 saturated carbocycles. The first-order valence-corrected chi connectivity index (χ1v) is 9.22. The number of fused-ring (bicyclic) bond motifs is 1. The van der Waals surface area contributed by atoms with Gasteiger partial charge in [-0.15, -0.1) is 0 Å². The summed E-state index contributed by atoms with van der Waals surface area (Å²) in [5.41, 5.74) is 1.58. The molecule has 1 saturated heterocycles. The molecule has 3 rings (SSSR count). The fraction of sp³-hybridized carbons (Fsp3) is 0.500. The quantitative estimate of drug-likeness (QED) is 0.784. The minimum atomic E-state index is -0.0816. The van der Waals surface area contributed by atoms with Crippen molar-refractivity contribution in [3.63, 3.8) is 0 Å².